The number of nitrogens with zero attached hydrogens (tertiary/aromatic N) is 1. The number of halogens is 1. The van der Waals surface area contributed by atoms with Crippen LogP contribution in [0.3, 0.4) is 0 Å². The first kappa shape index (κ1) is 7.51. The van der Waals surface area contributed by atoms with E-state index in [0.717, 1.165) is 5.69 Å². The predicted molar refractivity (Wildman–Crippen MR) is 38.4 cm³/mol. The van der Waals surface area contributed by atoms with Crippen molar-refractivity contribution in [3.05, 3.63) is 28.5 Å². The molecule has 1 aromatic rings. The smallest absolute Gasteiger partial charge is 0.109 e. The molecular formula is C7H7ClNO. The molecule has 1 heterocycles. The highest BCUT2D eigenvalue weighted by atomic mass is 35.5. The van der Waals surface area contributed by atoms with Crippen molar-refractivity contribution in [2.75, 3.05) is 0 Å². The summed E-state index contributed by atoms with van der Waals surface area (Å²) in [6, 6.07) is 1.70. The summed E-state index contributed by atoms with van der Waals surface area (Å²) in [6.45, 7) is 1.55. The molecule has 0 saturated carbocycles. The van der Waals surface area contributed by atoms with Crippen LogP contribution < -0.4 is 0 Å². The lowest BCUT2D eigenvalue weighted by Crippen LogP contribution is -1.87. The summed E-state index contributed by atoms with van der Waals surface area (Å²) in [5.41, 5.74) is 1.45. The van der Waals surface area contributed by atoms with E-state index in [1.165, 1.54) is 6.20 Å². The Labute approximate surface area is 64.5 Å². The van der Waals surface area contributed by atoms with Gasteiger partial charge in [0.1, 0.15) is 6.61 Å². The van der Waals surface area contributed by atoms with Gasteiger partial charge < -0.3 is 0 Å². The van der Waals surface area contributed by atoms with Gasteiger partial charge in [0.15, 0.2) is 0 Å². The first-order valence-electron chi connectivity index (χ1n) is 2.93. The van der Waals surface area contributed by atoms with Crippen molar-refractivity contribution >= 4 is 11.6 Å². The highest BCUT2D eigenvalue weighted by molar-refractivity contribution is 6.31. The molecule has 0 unspecified atom stereocenters. The zero-order chi connectivity index (χ0) is 7.56. The topological polar surface area (TPSA) is 32.8 Å². The molecule has 53 valence electrons. The van der Waals surface area contributed by atoms with Gasteiger partial charge in [-0.25, -0.2) is 5.11 Å². The van der Waals surface area contributed by atoms with Crippen LogP contribution in [0.5, 0.6) is 0 Å². The Morgan fingerprint density at radius 3 is 2.90 bits per heavy atom. The van der Waals surface area contributed by atoms with E-state index in [4.69, 9.17) is 11.6 Å². The maximum absolute atomic E-state index is 10.4. The summed E-state index contributed by atoms with van der Waals surface area (Å²) >= 11 is 5.63. The van der Waals surface area contributed by atoms with E-state index < -0.39 is 0 Å². The minimum atomic E-state index is -0.276. The van der Waals surface area contributed by atoms with Gasteiger partial charge in [-0.2, -0.15) is 0 Å². The Morgan fingerprint density at radius 1 is 1.70 bits per heavy atom. The van der Waals surface area contributed by atoms with Crippen LogP contribution in [-0.2, 0) is 11.7 Å². The molecule has 0 aliphatic rings. The summed E-state index contributed by atoms with van der Waals surface area (Å²) in [4.78, 5) is 3.92. The van der Waals surface area contributed by atoms with Crippen molar-refractivity contribution < 1.29 is 5.11 Å². The maximum atomic E-state index is 10.4. The van der Waals surface area contributed by atoms with E-state index in [9.17, 15) is 5.11 Å². The Balaban J connectivity index is 3.09. The van der Waals surface area contributed by atoms with Crippen molar-refractivity contribution in [3.8, 4) is 0 Å². The third-order valence-corrected chi connectivity index (χ3v) is 1.57. The van der Waals surface area contributed by atoms with E-state index >= 15 is 0 Å². The largest absolute Gasteiger partial charge is 0.260 e. The molecular weight excluding hydrogens is 150 g/mol. The Kier molecular flexibility index (Phi) is 2.25. The highest BCUT2D eigenvalue weighted by Crippen LogP contribution is 2.14. The molecule has 10 heavy (non-hydrogen) atoms. The zero-order valence-corrected chi connectivity index (χ0v) is 6.35. The molecule has 0 aromatic carbocycles. The van der Waals surface area contributed by atoms with Crippen molar-refractivity contribution in [3.63, 3.8) is 0 Å². The normalized spacial score (nSPS) is 9.90. The van der Waals surface area contributed by atoms with E-state index in [0.29, 0.717) is 10.6 Å². The Bertz CT molecular complexity index is 237. The van der Waals surface area contributed by atoms with Gasteiger partial charge in [-0.3, -0.25) is 4.98 Å². The number of hydrogen-bond acceptors (Lipinski definition) is 1. The summed E-state index contributed by atoms with van der Waals surface area (Å²) in [6.07, 6.45) is 1.50. The van der Waals surface area contributed by atoms with Crippen molar-refractivity contribution in [2.24, 2.45) is 0 Å². The molecule has 2 nitrogen and oxygen atoms in total. The van der Waals surface area contributed by atoms with Gasteiger partial charge >= 0.3 is 0 Å². The van der Waals surface area contributed by atoms with Gasteiger partial charge in [0.25, 0.3) is 0 Å². The van der Waals surface area contributed by atoms with E-state index in [2.05, 4.69) is 4.98 Å². The van der Waals surface area contributed by atoms with Crippen LogP contribution in [-0.4, -0.2) is 4.98 Å². The average molecular weight is 157 g/mol. The third-order valence-electron chi connectivity index (χ3n) is 1.23. The van der Waals surface area contributed by atoms with Crippen LogP contribution in [0.25, 0.3) is 0 Å². The predicted octanol–water partition coefficient (Wildman–Crippen LogP) is 1.97. The molecule has 0 aliphatic carbocycles. The molecule has 0 amide bonds. The van der Waals surface area contributed by atoms with Crippen LogP contribution in [0, 0.1) is 6.92 Å². The van der Waals surface area contributed by atoms with Gasteiger partial charge in [-0.15, -0.1) is 0 Å². The lowest BCUT2D eigenvalue weighted by molar-refractivity contribution is 0.177. The second kappa shape index (κ2) is 2.99. The van der Waals surface area contributed by atoms with Crippen LogP contribution in [0.1, 0.15) is 11.3 Å². The number of pyridine rings is 1. The van der Waals surface area contributed by atoms with Crippen LogP contribution >= 0.6 is 11.6 Å². The number of aryl methyl sites for hydroxylation is 1. The fraction of sp³-hybridized carbons (Fsp3) is 0.286. The lowest BCUT2D eigenvalue weighted by Gasteiger charge is -1.97. The number of hydrogen-bond donors (Lipinski definition) is 0. The zero-order valence-electron chi connectivity index (χ0n) is 5.60. The molecule has 0 aliphatic heterocycles. The average Bonchev–Trinajstić information content (AvgIpc) is 1.94. The van der Waals surface area contributed by atoms with Crippen molar-refractivity contribution in [2.45, 2.75) is 13.5 Å². The molecule has 1 rings (SSSR count). The Hall–Kier alpha value is -0.600. The van der Waals surface area contributed by atoms with Crippen LogP contribution in [0.4, 0.5) is 0 Å². The first-order valence-corrected chi connectivity index (χ1v) is 3.31. The van der Waals surface area contributed by atoms with Gasteiger partial charge in [0.2, 0.25) is 0 Å². The fourth-order valence-corrected chi connectivity index (χ4v) is 0.868. The lowest BCUT2D eigenvalue weighted by atomic mass is 10.2. The molecule has 0 N–H and O–H groups in total. The second-order valence-electron chi connectivity index (χ2n) is 2.06. The molecule has 0 bridgehead atoms. The Morgan fingerprint density at radius 2 is 2.40 bits per heavy atom. The van der Waals surface area contributed by atoms with Gasteiger partial charge in [-0.05, 0) is 13.0 Å². The molecule has 1 radical (unpaired) electrons. The quantitative estimate of drug-likeness (QED) is 0.612. The summed E-state index contributed by atoms with van der Waals surface area (Å²) < 4.78 is 0. The van der Waals surface area contributed by atoms with Crippen LogP contribution in [0.15, 0.2) is 12.3 Å². The number of aromatic nitrogens is 1. The summed E-state index contributed by atoms with van der Waals surface area (Å²) in [5.74, 6) is 0. The molecule has 0 saturated heterocycles. The van der Waals surface area contributed by atoms with Crippen molar-refractivity contribution in [1.82, 2.24) is 4.98 Å². The van der Waals surface area contributed by atoms with E-state index in [1.54, 1.807) is 6.07 Å². The van der Waals surface area contributed by atoms with E-state index in [1.807, 2.05) is 6.92 Å². The molecule has 0 atom stereocenters. The standard InChI is InChI=1S/C7H7ClNO/c1-5-2-6(4-10)7(8)3-9-5/h2-3H,4H2,1H3. The SMILES string of the molecule is Cc1cc(C[O])c(Cl)cn1. The third kappa shape index (κ3) is 1.46. The van der Waals surface area contributed by atoms with Crippen molar-refractivity contribution in [1.29, 1.82) is 0 Å². The van der Waals surface area contributed by atoms with Gasteiger partial charge in [0, 0.05) is 17.5 Å². The monoisotopic (exact) mass is 156 g/mol. The van der Waals surface area contributed by atoms with E-state index in [-0.39, 0.29) is 6.61 Å². The second-order valence-corrected chi connectivity index (χ2v) is 2.47. The minimum Gasteiger partial charge on any atom is -0.260 e. The van der Waals surface area contributed by atoms with Gasteiger partial charge in [0.05, 0.1) is 5.02 Å². The molecule has 3 heteroatoms. The molecule has 0 fully saturated rings. The van der Waals surface area contributed by atoms with Crippen LogP contribution in [0.2, 0.25) is 5.02 Å². The highest BCUT2D eigenvalue weighted by Gasteiger charge is 1.98. The number of rotatable bonds is 1. The minimum absolute atomic E-state index is 0.276. The fourth-order valence-electron chi connectivity index (χ4n) is 0.710. The summed E-state index contributed by atoms with van der Waals surface area (Å²) in [7, 11) is 0. The molecule has 0 spiro atoms. The first-order chi connectivity index (χ1) is 4.74. The maximum Gasteiger partial charge on any atom is 0.109 e. The summed E-state index contributed by atoms with van der Waals surface area (Å²) in [5, 5.41) is 10.9. The van der Waals surface area contributed by atoms with Gasteiger partial charge in [-0.1, -0.05) is 11.6 Å². The molecule has 1 aromatic heterocycles.